The number of fused-ring (bicyclic) bond motifs is 1. The highest BCUT2D eigenvalue weighted by Gasteiger charge is 2.30. The van der Waals surface area contributed by atoms with E-state index in [4.69, 9.17) is 4.98 Å². The minimum atomic E-state index is -3.79. The first kappa shape index (κ1) is 27.6. The van der Waals surface area contributed by atoms with Gasteiger partial charge >= 0.3 is 0 Å². The number of anilines is 2. The monoisotopic (exact) mass is 549 g/mol. The van der Waals surface area contributed by atoms with Crippen LogP contribution >= 0.6 is 11.8 Å². The molecule has 1 aromatic carbocycles. The Morgan fingerprint density at radius 3 is 2.61 bits per heavy atom. The van der Waals surface area contributed by atoms with Crippen LogP contribution in [0.15, 0.2) is 64.6 Å². The largest absolute Gasteiger partial charge is 0.326 e. The van der Waals surface area contributed by atoms with Gasteiger partial charge in [0.15, 0.2) is 0 Å². The second-order valence-electron chi connectivity index (χ2n) is 10.4. The summed E-state index contributed by atoms with van der Waals surface area (Å²) >= 11 is 1.41. The molecule has 2 N–H and O–H groups in total. The molecule has 1 amide bonds. The van der Waals surface area contributed by atoms with Gasteiger partial charge in [-0.15, -0.1) is 11.8 Å². The van der Waals surface area contributed by atoms with Crippen LogP contribution in [0.1, 0.15) is 50.4 Å². The molecule has 0 saturated carbocycles. The van der Waals surface area contributed by atoms with Gasteiger partial charge < -0.3 is 5.32 Å². The minimum Gasteiger partial charge on any atom is -0.326 e. The Kier molecular flexibility index (Phi) is 8.38. The summed E-state index contributed by atoms with van der Waals surface area (Å²) in [6, 6.07) is 15.1. The average molecular weight is 550 g/mol. The summed E-state index contributed by atoms with van der Waals surface area (Å²) in [4.78, 5) is 21.3. The molecule has 0 aliphatic heterocycles. The number of carbonyl (C=O) groups excluding carboxylic acids is 1. The topological polar surface area (TPSA) is 125 Å². The summed E-state index contributed by atoms with van der Waals surface area (Å²) in [5.74, 6) is 1.06. The minimum absolute atomic E-state index is 0.0630. The van der Waals surface area contributed by atoms with Crippen LogP contribution in [0.2, 0.25) is 0 Å². The van der Waals surface area contributed by atoms with Crippen LogP contribution in [0.25, 0.3) is 0 Å². The molecule has 10 heteroatoms. The molecular formula is C28H31N5O3S2. The summed E-state index contributed by atoms with van der Waals surface area (Å²) in [6.45, 7) is 6.77. The van der Waals surface area contributed by atoms with Gasteiger partial charge in [-0.1, -0.05) is 26.8 Å². The van der Waals surface area contributed by atoms with Crippen molar-refractivity contribution in [2.45, 2.75) is 56.4 Å². The van der Waals surface area contributed by atoms with E-state index in [9.17, 15) is 18.5 Å². The number of nitrogens with zero attached hydrogens (tertiary/aromatic N) is 3. The van der Waals surface area contributed by atoms with Gasteiger partial charge in [0.25, 0.3) is 10.0 Å². The van der Waals surface area contributed by atoms with E-state index in [1.54, 1.807) is 30.3 Å². The molecule has 2 heterocycles. The molecule has 0 radical (unpaired) electrons. The molecular weight excluding hydrogens is 518 g/mol. The number of aromatic nitrogens is 2. The van der Waals surface area contributed by atoms with E-state index in [0.29, 0.717) is 27.9 Å². The fourth-order valence-electron chi connectivity index (χ4n) is 4.38. The number of hydrogen-bond acceptors (Lipinski definition) is 7. The Balaban J connectivity index is 1.31. The average Bonchev–Trinajstić information content (AvgIpc) is 2.88. The zero-order valence-electron chi connectivity index (χ0n) is 21.7. The predicted octanol–water partition coefficient (Wildman–Crippen LogP) is 5.42. The SMILES string of the molecule is CC(C)(C)C1CCc2nc(SCCC(=O)Nc3ccc(S(=O)(=O)Nc4ccccn4)cc3)c(C#N)cc2C1. The van der Waals surface area contributed by atoms with Crippen LogP contribution in [-0.2, 0) is 27.7 Å². The Hall–Kier alpha value is -3.42. The van der Waals surface area contributed by atoms with Crippen molar-refractivity contribution in [3.05, 3.63) is 71.5 Å². The van der Waals surface area contributed by atoms with E-state index in [2.05, 4.69) is 41.9 Å². The number of nitriles is 1. The van der Waals surface area contributed by atoms with Crippen LogP contribution in [0.3, 0.4) is 0 Å². The highest BCUT2D eigenvalue weighted by Crippen LogP contribution is 2.38. The number of aryl methyl sites for hydroxylation is 1. The number of rotatable bonds is 8. The number of carbonyl (C=O) groups is 1. The van der Waals surface area contributed by atoms with Crippen molar-refractivity contribution in [3.8, 4) is 6.07 Å². The van der Waals surface area contributed by atoms with Gasteiger partial charge in [0.05, 0.1) is 10.5 Å². The van der Waals surface area contributed by atoms with E-state index in [1.165, 1.54) is 30.1 Å². The van der Waals surface area contributed by atoms with Crippen LogP contribution in [0, 0.1) is 22.7 Å². The van der Waals surface area contributed by atoms with Crippen molar-refractivity contribution in [3.63, 3.8) is 0 Å². The number of sulfonamides is 1. The lowest BCUT2D eigenvalue weighted by Crippen LogP contribution is -2.27. The Morgan fingerprint density at radius 1 is 1.18 bits per heavy atom. The molecule has 8 nitrogen and oxygen atoms in total. The Morgan fingerprint density at radius 2 is 1.95 bits per heavy atom. The van der Waals surface area contributed by atoms with E-state index in [0.717, 1.165) is 30.5 Å². The highest BCUT2D eigenvalue weighted by molar-refractivity contribution is 7.99. The lowest BCUT2D eigenvalue weighted by atomic mass is 9.71. The molecule has 198 valence electrons. The second-order valence-corrected chi connectivity index (χ2v) is 13.1. The third kappa shape index (κ3) is 6.91. The standard InChI is InChI=1S/C28H31N5O3S2/c1-28(2,3)21-7-12-24-19(17-21)16-20(18-29)27(32-24)37-15-13-26(34)31-22-8-10-23(11-9-22)38(35,36)33-25-6-4-5-14-30-25/h4-6,8-11,14,16,21H,7,12-13,15,17H2,1-3H3,(H,30,33)(H,31,34). The van der Waals surface area contributed by atoms with E-state index in [1.807, 2.05) is 6.07 Å². The molecule has 1 aliphatic carbocycles. The molecule has 1 aliphatic rings. The lowest BCUT2D eigenvalue weighted by molar-refractivity contribution is -0.115. The van der Waals surface area contributed by atoms with E-state index >= 15 is 0 Å². The lowest BCUT2D eigenvalue weighted by Gasteiger charge is -2.34. The van der Waals surface area contributed by atoms with Crippen LogP contribution in [0.4, 0.5) is 11.5 Å². The fourth-order valence-corrected chi connectivity index (χ4v) is 6.30. The first-order chi connectivity index (χ1) is 18.0. The third-order valence-corrected chi connectivity index (χ3v) is 8.98. The molecule has 2 aromatic heterocycles. The normalized spacial score (nSPS) is 15.3. The van der Waals surface area contributed by atoms with Gasteiger partial charge in [0.2, 0.25) is 5.91 Å². The smallest absolute Gasteiger partial charge is 0.263 e. The van der Waals surface area contributed by atoms with Crippen molar-refractivity contribution >= 4 is 39.2 Å². The van der Waals surface area contributed by atoms with Gasteiger partial charge in [-0.05, 0) is 78.6 Å². The zero-order valence-corrected chi connectivity index (χ0v) is 23.3. The maximum atomic E-state index is 12.5. The molecule has 4 rings (SSSR count). The van der Waals surface area contributed by atoms with Crippen LogP contribution in [0.5, 0.6) is 0 Å². The quantitative estimate of drug-likeness (QED) is 0.359. The Labute approximate surface area is 228 Å². The summed E-state index contributed by atoms with van der Waals surface area (Å²) in [5.41, 5.74) is 3.49. The number of amides is 1. The van der Waals surface area contributed by atoms with Crippen molar-refractivity contribution in [1.82, 2.24) is 9.97 Å². The molecule has 0 bridgehead atoms. The number of thioether (sulfide) groups is 1. The molecule has 0 saturated heterocycles. The first-order valence-corrected chi connectivity index (χ1v) is 14.9. The van der Waals surface area contributed by atoms with Crippen LogP contribution < -0.4 is 10.0 Å². The molecule has 1 atom stereocenters. The first-order valence-electron chi connectivity index (χ1n) is 12.4. The number of nitrogens with one attached hydrogen (secondary N) is 2. The Bertz CT molecular complexity index is 1440. The highest BCUT2D eigenvalue weighted by atomic mass is 32.2. The fraction of sp³-hybridized carbons (Fsp3) is 0.357. The number of hydrogen-bond donors (Lipinski definition) is 2. The van der Waals surface area contributed by atoms with Gasteiger partial charge in [-0.25, -0.2) is 18.4 Å². The second kappa shape index (κ2) is 11.5. The molecule has 38 heavy (non-hydrogen) atoms. The van der Waals surface area contributed by atoms with Crippen LogP contribution in [-0.4, -0.2) is 30.0 Å². The van der Waals surface area contributed by atoms with Crippen molar-refractivity contribution in [2.75, 3.05) is 15.8 Å². The summed E-state index contributed by atoms with van der Waals surface area (Å²) in [6.07, 6.45) is 4.65. The number of pyridine rings is 2. The summed E-state index contributed by atoms with van der Waals surface area (Å²) < 4.78 is 27.5. The van der Waals surface area contributed by atoms with Crippen molar-refractivity contribution < 1.29 is 13.2 Å². The maximum absolute atomic E-state index is 12.5. The summed E-state index contributed by atoms with van der Waals surface area (Å²) in [7, 11) is -3.79. The van der Waals surface area contributed by atoms with Gasteiger partial charge in [-0.3, -0.25) is 9.52 Å². The van der Waals surface area contributed by atoms with Gasteiger partial charge in [0.1, 0.15) is 16.9 Å². The van der Waals surface area contributed by atoms with Crippen molar-refractivity contribution in [1.29, 1.82) is 5.26 Å². The van der Waals surface area contributed by atoms with Gasteiger partial charge in [0, 0.05) is 29.8 Å². The summed E-state index contributed by atoms with van der Waals surface area (Å²) in [5, 5.41) is 13.1. The number of benzene rings is 1. The zero-order chi connectivity index (χ0) is 27.3. The van der Waals surface area contributed by atoms with Crippen molar-refractivity contribution in [2.24, 2.45) is 11.3 Å². The van der Waals surface area contributed by atoms with E-state index < -0.39 is 10.0 Å². The van der Waals surface area contributed by atoms with Gasteiger partial charge in [-0.2, -0.15) is 5.26 Å². The molecule has 1 unspecified atom stereocenters. The molecule has 0 spiro atoms. The molecule has 3 aromatic rings. The van der Waals surface area contributed by atoms with E-state index in [-0.39, 0.29) is 28.5 Å². The predicted molar refractivity (Wildman–Crippen MR) is 149 cm³/mol. The maximum Gasteiger partial charge on any atom is 0.263 e. The third-order valence-electron chi connectivity index (χ3n) is 6.62. The molecule has 0 fully saturated rings.